The highest BCUT2D eigenvalue weighted by Crippen LogP contribution is 2.18. The van der Waals surface area contributed by atoms with Gasteiger partial charge in [0, 0.05) is 26.1 Å². The lowest BCUT2D eigenvalue weighted by molar-refractivity contribution is -0.118. The van der Waals surface area contributed by atoms with Gasteiger partial charge in [0.2, 0.25) is 5.91 Å². The molecule has 0 radical (unpaired) electrons. The first-order chi connectivity index (χ1) is 11.2. The number of carbonyl (C=O) groups is 1. The second kappa shape index (κ2) is 9.72. The lowest BCUT2D eigenvalue weighted by atomic mass is 10.1. The SMILES string of the molecule is C=CCn1c(CCN2CCCCC2)nnc1SCC(=O)NCC. The predicted octanol–water partition coefficient (Wildman–Crippen LogP) is 1.72. The lowest BCUT2D eigenvalue weighted by Crippen LogP contribution is -2.32. The van der Waals surface area contributed by atoms with Crippen LogP contribution in [0.4, 0.5) is 0 Å². The molecule has 1 aliphatic rings. The van der Waals surface area contributed by atoms with Gasteiger partial charge < -0.3 is 14.8 Å². The average Bonchev–Trinajstić information content (AvgIpc) is 2.95. The molecule has 23 heavy (non-hydrogen) atoms. The molecule has 1 saturated heterocycles. The smallest absolute Gasteiger partial charge is 0.230 e. The van der Waals surface area contributed by atoms with E-state index in [-0.39, 0.29) is 5.91 Å². The van der Waals surface area contributed by atoms with Gasteiger partial charge in [-0.15, -0.1) is 16.8 Å². The van der Waals surface area contributed by atoms with Crippen molar-refractivity contribution in [2.24, 2.45) is 0 Å². The fourth-order valence-electron chi connectivity index (χ4n) is 2.74. The van der Waals surface area contributed by atoms with E-state index in [1.807, 2.05) is 13.0 Å². The van der Waals surface area contributed by atoms with Crippen LogP contribution in [0.3, 0.4) is 0 Å². The van der Waals surface area contributed by atoms with Gasteiger partial charge in [-0.05, 0) is 32.9 Å². The van der Waals surface area contributed by atoms with Gasteiger partial charge in [-0.25, -0.2) is 0 Å². The van der Waals surface area contributed by atoms with E-state index < -0.39 is 0 Å². The van der Waals surface area contributed by atoms with Crippen LogP contribution in [-0.2, 0) is 17.8 Å². The molecule has 0 aromatic carbocycles. The van der Waals surface area contributed by atoms with Crippen molar-refractivity contribution >= 4 is 17.7 Å². The molecule has 0 spiro atoms. The lowest BCUT2D eigenvalue weighted by Gasteiger charge is -2.26. The number of rotatable bonds is 9. The van der Waals surface area contributed by atoms with Crippen LogP contribution < -0.4 is 5.32 Å². The van der Waals surface area contributed by atoms with E-state index in [2.05, 4.69) is 31.6 Å². The Hall–Kier alpha value is -1.34. The quantitative estimate of drug-likeness (QED) is 0.549. The van der Waals surface area contributed by atoms with Gasteiger partial charge in [0.15, 0.2) is 5.16 Å². The fraction of sp³-hybridized carbons (Fsp3) is 0.688. The number of aromatic nitrogens is 3. The van der Waals surface area contributed by atoms with E-state index in [0.29, 0.717) is 18.8 Å². The van der Waals surface area contributed by atoms with E-state index in [4.69, 9.17) is 0 Å². The van der Waals surface area contributed by atoms with E-state index in [1.165, 1.54) is 44.1 Å². The summed E-state index contributed by atoms with van der Waals surface area (Å²) in [5.74, 6) is 1.38. The minimum Gasteiger partial charge on any atom is -0.356 e. The summed E-state index contributed by atoms with van der Waals surface area (Å²) in [6, 6.07) is 0. The third-order valence-electron chi connectivity index (χ3n) is 3.91. The first-order valence-corrected chi connectivity index (χ1v) is 9.38. The zero-order valence-corrected chi connectivity index (χ0v) is 14.8. The zero-order valence-electron chi connectivity index (χ0n) is 14.0. The zero-order chi connectivity index (χ0) is 16.5. The van der Waals surface area contributed by atoms with Crippen molar-refractivity contribution in [3.63, 3.8) is 0 Å². The fourth-order valence-corrected chi connectivity index (χ4v) is 3.54. The highest BCUT2D eigenvalue weighted by molar-refractivity contribution is 7.99. The maximum absolute atomic E-state index is 11.6. The number of nitrogens with zero attached hydrogens (tertiary/aromatic N) is 4. The molecule has 1 aromatic heterocycles. The Labute approximate surface area is 142 Å². The van der Waals surface area contributed by atoms with E-state index >= 15 is 0 Å². The maximum atomic E-state index is 11.6. The third-order valence-corrected chi connectivity index (χ3v) is 4.88. The van der Waals surface area contributed by atoms with Gasteiger partial charge >= 0.3 is 0 Å². The molecule has 2 rings (SSSR count). The molecule has 1 N–H and O–H groups in total. The second-order valence-electron chi connectivity index (χ2n) is 5.69. The van der Waals surface area contributed by atoms with Crippen molar-refractivity contribution in [1.82, 2.24) is 25.0 Å². The number of nitrogens with one attached hydrogen (secondary N) is 1. The summed E-state index contributed by atoms with van der Waals surface area (Å²) in [6.45, 7) is 10.5. The van der Waals surface area contributed by atoms with Crippen LogP contribution in [0.5, 0.6) is 0 Å². The van der Waals surface area contributed by atoms with Crippen molar-refractivity contribution in [2.45, 2.75) is 44.3 Å². The van der Waals surface area contributed by atoms with Crippen molar-refractivity contribution in [3.05, 3.63) is 18.5 Å². The highest BCUT2D eigenvalue weighted by atomic mass is 32.2. The monoisotopic (exact) mass is 337 g/mol. The molecule has 6 nitrogen and oxygen atoms in total. The topological polar surface area (TPSA) is 63.1 Å². The minimum absolute atomic E-state index is 0.0283. The predicted molar refractivity (Wildman–Crippen MR) is 93.6 cm³/mol. The maximum Gasteiger partial charge on any atom is 0.230 e. The van der Waals surface area contributed by atoms with Crippen LogP contribution in [0.1, 0.15) is 32.0 Å². The summed E-state index contributed by atoms with van der Waals surface area (Å²) in [4.78, 5) is 14.1. The Kier molecular flexibility index (Phi) is 7.61. The number of amides is 1. The van der Waals surface area contributed by atoms with Gasteiger partial charge in [0.05, 0.1) is 5.75 Å². The molecule has 1 amide bonds. The van der Waals surface area contributed by atoms with Crippen molar-refractivity contribution in [1.29, 1.82) is 0 Å². The summed E-state index contributed by atoms with van der Waals surface area (Å²) in [7, 11) is 0. The van der Waals surface area contributed by atoms with Crippen molar-refractivity contribution in [2.75, 3.05) is 31.9 Å². The Morgan fingerprint density at radius 1 is 1.35 bits per heavy atom. The van der Waals surface area contributed by atoms with Crippen LogP contribution in [-0.4, -0.2) is 57.5 Å². The van der Waals surface area contributed by atoms with Gasteiger partial charge in [-0.2, -0.15) is 0 Å². The van der Waals surface area contributed by atoms with Crippen LogP contribution in [0.25, 0.3) is 0 Å². The summed E-state index contributed by atoms with van der Waals surface area (Å²) >= 11 is 1.43. The van der Waals surface area contributed by atoms with Gasteiger partial charge in [-0.1, -0.05) is 24.3 Å². The molecular formula is C16H27N5OS. The number of piperidine rings is 1. The van der Waals surface area contributed by atoms with Crippen LogP contribution in [0.15, 0.2) is 17.8 Å². The van der Waals surface area contributed by atoms with E-state index in [9.17, 15) is 4.79 Å². The molecule has 1 aliphatic heterocycles. The number of likely N-dealkylation sites (tertiary alicyclic amines) is 1. The molecule has 0 atom stereocenters. The first kappa shape index (κ1) is 18.0. The van der Waals surface area contributed by atoms with Gasteiger partial charge in [0.25, 0.3) is 0 Å². The molecule has 1 aromatic rings. The second-order valence-corrected chi connectivity index (χ2v) is 6.64. The summed E-state index contributed by atoms with van der Waals surface area (Å²) < 4.78 is 2.07. The third kappa shape index (κ3) is 5.66. The van der Waals surface area contributed by atoms with E-state index in [1.54, 1.807) is 0 Å². The van der Waals surface area contributed by atoms with Gasteiger partial charge in [-0.3, -0.25) is 4.79 Å². The summed E-state index contributed by atoms with van der Waals surface area (Å²) in [6.07, 6.45) is 6.69. The van der Waals surface area contributed by atoms with Crippen LogP contribution in [0, 0.1) is 0 Å². The molecule has 2 heterocycles. The van der Waals surface area contributed by atoms with Crippen LogP contribution in [0.2, 0.25) is 0 Å². The summed E-state index contributed by atoms with van der Waals surface area (Å²) in [5, 5.41) is 12.2. The molecular weight excluding hydrogens is 310 g/mol. The molecule has 0 bridgehead atoms. The Morgan fingerprint density at radius 3 is 2.83 bits per heavy atom. The number of hydrogen-bond acceptors (Lipinski definition) is 5. The van der Waals surface area contributed by atoms with E-state index in [0.717, 1.165) is 23.9 Å². The number of hydrogen-bond donors (Lipinski definition) is 1. The molecule has 0 unspecified atom stereocenters. The number of carbonyl (C=O) groups excluding carboxylic acids is 1. The molecule has 0 saturated carbocycles. The highest BCUT2D eigenvalue weighted by Gasteiger charge is 2.15. The number of allylic oxidation sites excluding steroid dienone is 1. The van der Waals surface area contributed by atoms with Gasteiger partial charge in [0.1, 0.15) is 5.82 Å². The molecule has 1 fully saturated rings. The summed E-state index contributed by atoms with van der Waals surface area (Å²) in [5.41, 5.74) is 0. The Bertz CT molecular complexity index is 511. The Morgan fingerprint density at radius 2 is 2.13 bits per heavy atom. The normalized spacial score (nSPS) is 15.5. The van der Waals surface area contributed by atoms with Crippen molar-refractivity contribution in [3.8, 4) is 0 Å². The standard InChI is InChI=1S/C16H27N5OS/c1-3-9-21-14(8-12-20-10-6-5-7-11-20)18-19-16(21)23-13-15(22)17-4-2/h3H,1,4-13H2,2H3,(H,17,22). The van der Waals surface area contributed by atoms with Crippen molar-refractivity contribution < 1.29 is 4.79 Å². The van der Waals surface area contributed by atoms with Crippen LogP contribution >= 0.6 is 11.8 Å². The average molecular weight is 337 g/mol. The Balaban J connectivity index is 1.93. The first-order valence-electron chi connectivity index (χ1n) is 8.39. The molecule has 0 aliphatic carbocycles. The molecule has 128 valence electrons. The minimum atomic E-state index is 0.0283. The number of thioether (sulfide) groups is 1. The largest absolute Gasteiger partial charge is 0.356 e. The molecule has 7 heteroatoms.